The first-order chi connectivity index (χ1) is 7.19. The van der Waals surface area contributed by atoms with Crippen LogP contribution in [0.4, 0.5) is 14.6 Å². The van der Waals surface area contributed by atoms with Crippen molar-refractivity contribution in [1.82, 2.24) is 4.98 Å². The van der Waals surface area contributed by atoms with Crippen molar-refractivity contribution in [2.24, 2.45) is 0 Å². The van der Waals surface area contributed by atoms with Crippen molar-refractivity contribution in [3.8, 4) is 0 Å². The van der Waals surface area contributed by atoms with Gasteiger partial charge in [-0.3, -0.25) is 0 Å². The summed E-state index contributed by atoms with van der Waals surface area (Å²) in [6.07, 6.45) is 0. The van der Waals surface area contributed by atoms with Crippen molar-refractivity contribution in [3.05, 3.63) is 17.7 Å². The lowest BCUT2D eigenvalue weighted by molar-refractivity contribution is 0.322. The fourth-order valence-electron chi connectivity index (χ4n) is 0.985. The molecule has 0 aliphatic rings. The topological polar surface area (TPSA) is 45.2 Å². The zero-order valence-electron chi connectivity index (χ0n) is 8.26. The minimum atomic E-state index is -0.706. The van der Waals surface area contributed by atoms with Gasteiger partial charge in [-0.25, -0.2) is 13.8 Å². The summed E-state index contributed by atoms with van der Waals surface area (Å²) in [6.45, 7) is 2.24. The normalized spacial score (nSPS) is 10.4. The van der Waals surface area contributed by atoms with Gasteiger partial charge in [-0.1, -0.05) is 0 Å². The molecule has 1 aromatic heterocycles. The maximum absolute atomic E-state index is 13.2. The molecule has 0 unspecified atom stereocenters. The third kappa shape index (κ3) is 3.32. The molecule has 0 saturated carbocycles. The second kappa shape index (κ2) is 5.87. The van der Waals surface area contributed by atoms with Crippen LogP contribution in [0, 0.1) is 11.6 Å². The van der Waals surface area contributed by atoms with Gasteiger partial charge in [0.05, 0.1) is 6.61 Å². The molecule has 2 N–H and O–H groups in total. The van der Waals surface area contributed by atoms with E-state index in [-0.39, 0.29) is 17.5 Å². The number of anilines is 1. The summed E-state index contributed by atoms with van der Waals surface area (Å²) in [5.41, 5.74) is 0. The summed E-state index contributed by atoms with van der Waals surface area (Å²) in [6, 6.07) is 0.796. The third-order valence-electron chi connectivity index (χ3n) is 1.57. The van der Waals surface area contributed by atoms with Crippen LogP contribution in [0.15, 0.2) is 11.1 Å². The van der Waals surface area contributed by atoms with E-state index < -0.39 is 11.6 Å². The molecule has 0 saturated heterocycles. The van der Waals surface area contributed by atoms with Gasteiger partial charge in [0, 0.05) is 18.4 Å². The first kappa shape index (κ1) is 12.2. The molecule has 0 radical (unpaired) electrons. The van der Waals surface area contributed by atoms with Gasteiger partial charge in [0.15, 0.2) is 17.5 Å². The second-order valence-electron chi connectivity index (χ2n) is 2.71. The van der Waals surface area contributed by atoms with E-state index in [2.05, 4.69) is 10.3 Å². The average molecular weight is 234 g/mol. The zero-order valence-corrected chi connectivity index (χ0v) is 9.07. The van der Waals surface area contributed by atoms with Crippen LogP contribution in [0.1, 0.15) is 6.92 Å². The molecule has 1 rings (SSSR count). The lowest BCUT2D eigenvalue weighted by atomic mass is 10.4. The molecule has 0 aliphatic carbocycles. The Hall–Kier alpha value is -0.880. The quantitative estimate of drug-likeness (QED) is 0.763. The SMILES string of the molecule is CCNc1nc(SCCO)c(F)cc1F. The van der Waals surface area contributed by atoms with Crippen molar-refractivity contribution in [1.29, 1.82) is 0 Å². The highest BCUT2D eigenvalue weighted by atomic mass is 32.2. The van der Waals surface area contributed by atoms with Crippen LogP contribution in [0.25, 0.3) is 0 Å². The number of nitrogens with zero attached hydrogens (tertiary/aromatic N) is 1. The van der Waals surface area contributed by atoms with Crippen LogP contribution in [0.2, 0.25) is 0 Å². The van der Waals surface area contributed by atoms with Gasteiger partial charge in [0.2, 0.25) is 0 Å². The summed E-state index contributed by atoms with van der Waals surface area (Å²) >= 11 is 1.05. The molecular weight excluding hydrogens is 222 g/mol. The smallest absolute Gasteiger partial charge is 0.168 e. The second-order valence-corrected chi connectivity index (χ2v) is 3.79. The maximum atomic E-state index is 13.2. The number of pyridine rings is 1. The Kier molecular flexibility index (Phi) is 4.77. The number of rotatable bonds is 5. The fraction of sp³-hybridized carbons (Fsp3) is 0.444. The molecule has 84 valence electrons. The number of hydrogen-bond acceptors (Lipinski definition) is 4. The van der Waals surface area contributed by atoms with E-state index in [1.54, 1.807) is 6.92 Å². The Morgan fingerprint density at radius 3 is 2.80 bits per heavy atom. The van der Waals surface area contributed by atoms with Crippen molar-refractivity contribution in [2.45, 2.75) is 11.9 Å². The molecule has 0 amide bonds. The molecule has 0 aromatic carbocycles. The van der Waals surface area contributed by atoms with Gasteiger partial charge in [-0.15, -0.1) is 11.8 Å². The highest BCUT2D eigenvalue weighted by molar-refractivity contribution is 7.99. The summed E-state index contributed by atoms with van der Waals surface area (Å²) in [4.78, 5) is 3.79. The van der Waals surface area contributed by atoms with E-state index >= 15 is 0 Å². The van der Waals surface area contributed by atoms with Gasteiger partial charge in [-0.2, -0.15) is 0 Å². The summed E-state index contributed by atoms with van der Waals surface area (Å²) in [7, 11) is 0. The minimum Gasteiger partial charge on any atom is -0.396 e. The molecule has 0 atom stereocenters. The first-order valence-corrected chi connectivity index (χ1v) is 5.51. The van der Waals surface area contributed by atoms with E-state index in [0.29, 0.717) is 12.3 Å². The lowest BCUT2D eigenvalue weighted by Crippen LogP contribution is -2.04. The van der Waals surface area contributed by atoms with Crippen LogP contribution in [-0.2, 0) is 0 Å². The highest BCUT2D eigenvalue weighted by Gasteiger charge is 2.11. The summed E-state index contributed by atoms with van der Waals surface area (Å²) in [5, 5.41) is 11.4. The van der Waals surface area contributed by atoms with Crippen LogP contribution in [-0.4, -0.2) is 29.0 Å². The number of hydrogen-bond donors (Lipinski definition) is 2. The molecular formula is C9H12F2N2OS. The molecule has 0 fully saturated rings. The Morgan fingerprint density at radius 2 is 2.20 bits per heavy atom. The lowest BCUT2D eigenvalue weighted by Gasteiger charge is -2.07. The van der Waals surface area contributed by atoms with E-state index in [4.69, 9.17) is 5.11 Å². The number of halogens is 2. The Bertz CT molecular complexity index is 336. The summed E-state index contributed by atoms with van der Waals surface area (Å²) in [5.74, 6) is -1.03. The van der Waals surface area contributed by atoms with E-state index in [0.717, 1.165) is 17.8 Å². The number of nitrogens with one attached hydrogen (secondary N) is 1. The Labute approximate surface area is 90.9 Å². The fourth-order valence-corrected chi connectivity index (χ4v) is 1.62. The molecule has 1 heterocycles. The third-order valence-corrected chi connectivity index (χ3v) is 2.52. The average Bonchev–Trinajstić information content (AvgIpc) is 2.20. The van der Waals surface area contributed by atoms with E-state index in [1.165, 1.54) is 0 Å². The van der Waals surface area contributed by atoms with E-state index in [1.807, 2.05) is 0 Å². The van der Waals surface area contributed by atoms with Gasteiger partial charge in [-0.05, 0) is 6.92 Å². The van der Waals surface area contributed by atoms with E-state index in [9.17, 15) is 8.78 Å². The van der Waals surface area contributed by atoms with Gasteiger partial charge < -0.3 is 10.4 Å². The Morgan fingerprint density at radius 1 is 1.47 bits per heavy atom. The molecule has 3 nitrogen and oxygen atoms in total. The highest BCUT2D eigenvalue weighted by Crippen LogP contribution is 2.23. The number of aromatic nitrogens is 1. The largest absolute Gasteiger partial charge is 0.396 e. The minimum absolute atomic E-state index is 0.0411. The van der Waals surface area contributed by atoms with Crippen LogP contribution >= 0.6 is 11.8 Å². The molecule has 1 aromatic rings. The molecule has 15 heavy (non-hydrogen) atoms. The molecule has 0 aliphatic heterocycles. The van der Waals surface area contributed by atoms with Crippen LogP contribution in [0.5, 0.6) is 0 Å². The van der Waals surface area contributed by atoms with Gasteiger partial charge in [0.25, 0.3) is 0 Å². The standard InChI is InChI=1S/C9H12F2N2OS/c1-2-12-8-6(10)5-7(11)9(13-8)15-4-3-14/h5,14H,2-4H2,1H3,(H,12,13). The number of thioether (sulfide) groups is 1. The number of aliphatic hydroxyl groups excluding tert-OH is 1. The maximum Gasteiger partial charge on any atom is 0.168 e. The zero-order chi connectivity index (χ0) is 11.3. The number of aliphatic hydroxyl groups is 1. The van der Waals surface area contributed by atoms with Crippen LogP contribution in [0.3, 0.4) is 0 Å². The first-order valence-electron chi connectivity index (χ1n) is 4.52. The van der Waals surface area contributed by atoms with Gasteiger partial charge in [0.1, 0.15) is 5.03 Å². The predicted molar refractivity (Wildman–Crippen MR) is 56.1 cm³/mol. The van der Waals surface area contributed by atoms with Gasteiger partial charge >= 0.3 is 0 Å². The molecule has 0 spiro atoms. The van der Waals surface area contributed by atoms with Crippen LogP contribution < -0.4 is 5.32 Å². The Balaban J connectivity index is 2.90. The molecule has 0 bridgehead atoms. The van der Waals surface area contributed by atoms with Crippen molar-refractivity contribution in [3.63, 3.8) is 0 Å². The predicted octanol–water partition coefficient (Wildman–Crippen LogP) is 1.88. The van der Waals surface area contributed by atoms with Crippen molar-refractivity contribution in [2.75, 3.05) is 24.2 Å². The monoisotopic (exact) mass is 234 g/mol. The summed E-state index contributed by atoms with van der Waals surface area (Å²) < 4.78 is 26.3. The van der Waals surface area contributed by atoms with Crippen molar-refractivity contribution < 1.29 is 13.9 Å². The molecule has 6 heteroatoms. The van der Waals surface area contributed by atoms with Crippen molar-refractivity contribution >= 4 is 17.6 Å².